The Hall–Kier alpha value is -5.42. The smallest absolute Gasteiger partial charge is 0.169 e. The van der Waals surface area contributed by atoms with Gasteiger partial charge in [-0.25, -0.2) is 4.98 Å². The molecule has 4 heterocycles. The number of para-hydroxylation sites is 2. The number of furan rings is 1. The summed E-state index contributed by atoms with van der Waals surface area (Å²) >= 11 is 0. The van der Waals surface area contributed by atoms with E-state index in [2.05, 4.69) is 136 Å². The Morgan fingerprint density at radius 2 is 1.33 bits per heavy atom. The van der Waals surface area contributed by atoms with E-state index in [4.69, 9.17) is 14.4 Å². The molecule has 9 rings (SSSR count). The van der Waals surface area contributed by atoms with Gasteiger partial charge in [0.2, 0.25) is 0 Å². The van der Waals surface area contributed by atoms with E-state index in [1.807, 2.05) is 49.5 Å². The number of hydrogen-bond donors (Lipinski definition) is 0. The van der Waals surface area contributed by atoms with Crippen LogP contribution in [-0.2, 0) is 20.1 Å². The third-order valence-electron chi connectivity index (χ3n) is 9.99. The number of pyridine rings is 2. The number of imidazole rings is 1. The number of nitrogens with zero attached hydrogens (tertiary/aromatic N) is 4. The predicted molar refractivity (Wildman–Crippen MR) is 219 cm³/mol. The molecule has 0 atom stereocenters. The summed E-state index contributed by atoms with van der Waals surface area (Å²) in [7, 11) is 0. The monoisotopic (exact) mass is 883 g/mol. The molecule has 1 radical (unpaired) electrons. The Kier molecular flexibility index (Phi) is 10.3. The van der Waals surface area contributed by atoms with Crippen molar-refractivity contribution in [3.63, 3.8) is 0 Å². The van der Waals surface area contributed by atoms with E-state index in [0.717, 1.165) is 72.2 Å². The van der Waals surface area contributed by atoms with Gasteiger partial charge in [-0.3, -0.25) is 4.98 Å². The average molecular weight is 883 g/mol. The number of aryl methyl sites for hydroxylation is 3. The van der Waals surface area contributed by atoms with Crippen molar-refractivity contribution in [2.24, 2.45) is 0 Å². The van der Waals surface area contributed by atoms with Gasteiger partial charge < -0.3 is 14.0 Å². The zero-order chi connectivity index (χ0) is 36.8. The third kappa shape index (κ3) is 6.66. The second kappa shape index (κ2) is 15.1. The molecule has 0 amide bonds. The minimum atomic E-state index is 0. The van der Waals surface area contributed by atoms with Crippen molar-refractivity contribution in [3.8, 4) is 28.3 Å². The molecule has 0 aliphatic heterocycles. The number of benzene rings is 5. The maximum absolute atomic E-state index is 6.49. The van der Waals surface area contributed by atoms with Crippen LogP contribution in [0, 0.1) is 32.9 Å². The van der Waals surface area contributed by atoms with Crippen LogP contribution in [0.25, 0.3) is 72.2 Å². The van der Waals surface area contributed by atoms with Crippen molar-refractivity contribution in [2.75, 3.05) is 0 Å². The third-order valence-corrected chi connectivity index (χ3v) is 9.99. The average Bonchev–Trinajstić information content (AvgIpc) is 3.74. The van der Waals surface area contributed by atoms with E-state index >= 15 is 0 Å². The molecule has 0 bridgehead atoms. The normalized spacial score (nSPS) is 11.4. The first-order valence-corrected chi connectivity index (χ1v) is 18.3. The Morgan fingerprint density at radius 3 is 2.00 bits per heavy atom. The van der Waals surface area contributed by atoms with Crippen molar-refractivity contribution in [1.82, 2.24) is 19.5 Å². The molecule has 6 heteroatoms. The van der Waals surface area contributed by atoms with Crippen LogP contribution >= 0.6 is 0 Å². The molecule has 5 nitrogen and oxygen atoms in total. The van der Waals surface area contributed by atoms with Gasteiger partial charge in [0, 0.05) is 53.8 Å². The SMILES string of the molecule is Cc1c[c-]c(-c2ccc(C)cn2)cc1.Cc1nc2nc(-c3[c-]ccc4c3oc3ccccc34)n(-c3c(C(C)C)cccc3C(C)C)c2c2ccccc12.[Ir]. The summed E-state index contributed by atoms with van der Waals surface area (Å²) in [6, 6.07) is 44.4. The molecule has 0 saturated heterocycles. The van der Waals surface area contributed by atoms with Crippen molar-refractivity contribution in [1.29, 1.82) is 0 Å². The molecular weight excluding hydrogens is 841 g/mol. The molecule has 0 unspecified atom stereocenters. The summed E-state index contributed by atoms with van der Waals surface area (Å²) in [5.74, 6) is 1.44. The van der Waals surface area contributed by atoms with Gasteiger partial charge in [0.05, 0.1) is 16.9 Å². The van der Waals surface area contributed by atoms with Gasteiger partial charge in [-0.05, 0) is 54.1 Å². The van der Waals surface area contributed by atoms with Gasteiger partial charge in [0.1, 0.15) is 5.58 Å². The van der Waals surface area contributed by atoms with Crippen molar-refractivity contribution >= 4 is 43.9 Å². The topological polar surface area (TPSA) is 56.7 Å². The van der Waals surface area contributed by atoms with E-state index in [9.17, 15) is 0 Å². The number of hydrogen-bond acceptors (Lipinski definition) is 4. The Morgan fingerprint density at radius 1 is 0.648 bits per heavy atom. The van der Waals surface area contributed by atoms with Crippen molar-refractivity contribution < 1.29 is 24.5 Å². The van der Waals surface area contributed by atoms with Gasteiger partial charge in [0.15, 0.2) is 5.65 Å². The van der Waals surface area contributed by atoms with Crippen molar-refractivity contribution in [3.05, 3.63) is 155 Å². The fourth-order valence-corrected chi connectivity index (χ4v) is 7.25. The van der Waals surface area contributed by atoms with E-state index < -0.39 is 0 Å². The second-order valence-electron chi connectivity index (χ2n) is 14.5. The largest absolute Gasteiger partial charge is 0.501 e. The molecule has 54 heavy (non-hydrogen) atoms. The predicted octanol–water partition coefficient (Wildman–Crippen LogP) is 12.7. The van der Waals surface area contributed by atoms with Crippen molar-refractivity contribution in [2.45, 2.75) is 60.3 Å². The molecule has 0 spiro atoms. The van der Waals surface area contributed by atoms with Crippen LogP contribution in [-0.4, -0.2) is 19.5 Å². The van der Waals surface area contributed by atoms with Crippen LogP contribution in [0.5, 0.6) is 0 Å². The van der Waals surface area contributed by atoms with Crippen LogP contribution in [0.2, 0.25) is 0 Å². The van der Waals surface area contributed by atoms with Gasteiger partial charge >= 0.3 is 0 Å². The zero-order valence-corrected chi connectivity index (χ0v) is 34.0. The molecule has 0 N–H and O–H groups in total. The van der Waals surface area contributed by atoms with E-state index in [1.165, 1.54) is 27.9 Å². The first-order valence-electron chi connectivity index (χ1n) is 18.3. The molecule has 0 aliphatic carbocycles. The van der Waals surface area contributed by atoms with E-state index in [1.54, 1.807) is 0 Å². The fourth-order valence-electron chi connectivity index (χ4n) is 7.25. The maximum atomic E-state index is 6.49. The Balaban J connectivity index is 0.000000253. The van der Waals surface area contributed by atoms with Crippen LogP contribution in [0.3, 0.4) is 0 Å². The molecule has 5 aromatic carbocycles. The first kappa shape index (κ1) is 36.9. The van der Waals surface area contributed by atoms with E-state index in [0.29, 0.717) is 11.8 Å². The summed E-state index contributed by atoms with van der Waals surface area (Å²) in [5, 5.41) is 4.43. The molecule has 271 valence electrons. The Bertz CT molecular complexity index is 2690. The first-order chi connectivity index (χ1) is 25.7. The van der Waals surface area contributed by atoms with Crippen LogP contribution in [0.1, 0.15) is 67.5 Å². The molecule has 0 aliphatic rings. The minimum Gasteiger partial charge on any atom is -0.501 e. The summed E-state index contributed by atoms with van der Waals surface area (Å²) in [4.78, 5) is 14.6. The minimum absolute atomic E-state index is 0. The maximum Gasteiger partial charge on any atom is 0.169 e. The van der Waals surface area contributed by atoms with Gasteiger partial charge in [-0.1, -0.05) is 118 Å². The second-order valence-corrected chi connectivity index (χ2v) is 14.5. The standard InChI is InChI=1S/C35H30N3O.C13H12N.Ir/c1-20(2)23-15-10-16-24(21(3)4)31(23)38-32-27-14-7-6-12-25(27)22(5)36-34(32)37-35(38)29-18-11-17-28-26-13-8-9-19-30(26)39-33(28)29;1-10-3-6-12(7-4-10)13-8-5-11(2)9-14-13;/h6-17,19-21H,1-5H3;3-6,8-9H,1-2H3;/q2*-1;. The fraction of sp³-hybridized carbons (Fsp3) is 0.188. The summed E-state index contributed by atoms with van der Waals surface area (Å²) in [6.07, 6.45) is 1.88. The molecule has 0 fully saturated rings. The van der Waals surface area contributed by atoms with Crippen LogP contribution in [0.4, 0.5) is 0 Å². The number of rotatable bonds is 5. The van der Waals surface area contributed by atoms with Gasteiger partial charge in [-0.15, -0.1) is 53.6 Å². The quantitative estimate of drug-likeness (QED) is 0.162. The number of fused-ring (bicyclic) bond motifs is 6. The van der Waals surface area contributed by atoms with Gasteiger partial charge in [0.25, 0.3) is 0 Å². The molecule has 9 aromatic rings. The van der Waals surface area contributed by atoms with E-state index in [-0.39, 0.29) is 20.1 Å². The summed E-state index contributed by atoms with van der Waals surface area (Å²) in [6.45, 7) is 15.2. The summed E-state index contributed by atoms with van der Waals surface area (Å²) < 4.78 is 8.83. The van der Waals surface area contributed by atoms with Gasteiger partial charge in [-0.2, -0.15) is 0 Å². The van der Waals surface area contributed by atoms with Crippen LogP contribution < -0.4 is 0 Å². The zero-order valence-electron chi connectivity index (χ0n) is 31.7. The molecule has 4 aromatic heterocycles. The summed E-state index contributed by atoms with van der Waals surface area (Å²) in [5.41, 5.74) is 13.4. The molecule has 0 saturated carbocycles. The molecular formula is C48H42IrN4O-2. The van der Waals surface area contributed by atoms with Crippen LogP contribution in [0.15, 0.2) is 120 Å². The Labute approximate surface area is 330 Å². The number of aromatic nitrogens is 4.